The molecule has 0 radical (unpaired) electrons. The van der Waals surface area contributed by atoms with E-state index < -0.39 is 6.04 Å². The monoisotopic (exact) mass is 313 g/mol. The van der Waals surface area contributed by atoms with Crippen LogP contribution in [0.25, 0.3) is 0 Å². The van der Waals surface area contributed by atoms with Gasteiger partial charge in [0.1, 0.15) is 17.5 Å². The summed E-state index contributed by atoms with van der Waals surface area (Å²) < 4.78 is 10.2. The third-order valence-electron chi connectivity index (χ3n) is 3.24. The number of benzene rings is 2. The minimum Gasteiger partial charge on any atom is -0.497 e. The van der Waals surface area contributed by atoms with Gasteiger partial charge in [-0.05, 0) is 54.2 Å². The molecule has 1 unspecified atom stereocenters. The Morgan fingerprint density at radius 1 is 1.00 bits per heavy atom. The van der Waals surface area contributed by atoms with Gasteiger partial charge in [0.25, 0.3) is 0 Å². The first-order valence-electron chi connectivity index (χ1n) is 6.58. The van der Waals surface area contributed by atoms with Crippen molar-refractivity contribution in [1.82, 2.24) is 0 Å². The molecule has 4 nitrogen and oxygen atoms in total. The Kier molecular flexibility index (Phi) is 5.42. The van der Waals surface area contributed by atoms with Crippen LogP contribution in [0.15, 0.2) is 53.5 Å². The summed E-state index contributed by atoms with van der Waals surface area (Å²) in [5.41, 5.74) is 1.27. The fraction of sp³-hybridized carbons (Fsp3) is 0.176. The van der Waals surface area contributed by atoms with Crippen molar-refractivity contribution >= 4 is 23.2 Å². The number of thiocarbonyl (C=S) groups is 1. The summed E-state index contributed by atoms with van der Waals surface area (Å²) in [5, 5.41) is 2.30. The van der Waals surface area contributed by atoms with Crippen LogP contribution in [0, 0.1) is 0 Å². The van der Waals surface area contributed by atoms with E-state index in [9.17, 15) is 4.79 Å². The molecule has 22 heavy (non-hydrogen) atoms. The smallest absolute Gasteiger partial charge is 0.192 e. The summed E-state index contributed by atoms with van der Waals surface area (Å²) >= 11 is 4.67. The van der Waals surface area contributed by atoms with Crippen LogP contribution in [0.5, 0.6) is 11.5 Å². The maximum Gasteiger partial charge on any atom is 0.192 e. The van der Waals surface area contributed by atoms with Crippen LogP contribution in [0.3, 0.4) is 0 Å². The number of isothiocyanates is 1. The van der Waals surface area contributed by atoms with Crippen LogP contribution in [-0.4, -0.2) is 25.2 Å². The molecule has 1 atom stereocenters. The normalized spacial score (nSPS) is 11.2. The number of rotatable bonds is 6. The van der Waals surface area contributed by atoms with E-state index in [1.165, 1.54) is 0 Å². The lowest BCUT2D eigenvalue weighted by atomic mass is 9.98. The van der Waals surface area contributed by atoms with Gasteiger partial charge in [-0.2, -0.15) is 0 Å². The first-order valence-corrected chi connectivity index (χ1v) is 6.99. The van der Waals surface area contributed by atoms with Crippen LogP contribution >= 0.6 is 12.2 Å². The molecule has 0 fully saturated rings. The number of carbonyl (C=O) groups excluding carboxylic acids is 1. The Morgan fingerprint density at radius 2 is 1.50 bits per heavy atom. The molecule has 0 aromatic heterocycles. The molecule has 0 amide bonds. The molecule has 5 heteroatoms. The fourth-order valence-electron chi connectivity index (χ4n) is 2.04. The van der Waals surface area contributed by atoms with Crippen LogP contribution in [-0.2, 0) is 0 Å². The average molecular weight is 313 g/mol. The Morgan fingerprint density at radius 3 is 1.95 bits per heavy atom. The molecule has 2 aromatic rings. The number of hydrogen-bond donors (Lipinski definition) is 0. The highest BCUT2D eigenvalue weighted by atomic mass is 32.1. The van der Waals surface area contributed by atoms with Crippen molar-refractivity contribution in [3.05, 3.63) is 59.7 Å². The number of nitrogens with zero attached hydrogens (tertiary/aromatic N) is 1. The molecule has 0 bridgehead atoms. The van der Waals surface area contributed by atoms with Crippen LogP contribution in [0.1, 0.15) is 22.0 Å². The summed E-state index contributed by atoms with van der Waals surface area (Å²) in [6, 6.07) is 13.3. The van der Waals surface area contributed by atoms with Gasteiger partial charge in [-0.1, -0.05) is 12.1 Å². The number of Topliss-reactive ketones (excluding diaryl/α,β-unsaturated/α-hetero) is 1. The van der Waals surface area contributed by atoms with Gasteiger partial charge in [-0.3, -0.25) is 4.79 Å². The molecule has 0 aliphatic carbocycles. The molecular weight excluding hydrogens is 298 g/mol. The largest absolute Gasteiger partial charge is 0.497 e. The first kappa shape index (κ1) is 15.9. The van der Waals surface area contributed by atoms with Crippen molar-refractivity contribution in [2.24, 2.45) is 4.99 Å². The van der Waals surface area contributed by atoms with Gasteiger partial charge >= 0.3 is 0 Å². The van der Waals surface area contributed by atoms with Crippen LogP contribution in [0.2, 0.25) is 0 Å². The highest BCUT2D eigenvalue weighted by Gasteiger charge is 2.21. The molecule has 0 saturated carbocycles. The summed E-state index contributed by atoms with van der Waals surface area (Å²) in [6.45, 7) is 0. The number of methoxy groups -OCH3 is 2. The van der Waals surface area contributed by atoms with E-state index >= 15 is 0 Å². The lowest BCUT2D eigenvalue weighted by Crippen LogP contribution is -2.11. The maximum absolute atomic E-state index is 12.6. The minimum absolute atomic E-state index is 0.148. The zero-order chi connectivity index (χ0) is 15.9. The van der Waals surface area contributed by atoms with E-state index in [1.807, 2.05) is 0 Å². The average Bonchev–Trinajstić information content (AvgIpc) is 2.59. The molecular formula is C17H15NO3S. The Labute approximate surface area is 134 Å². The Hall–Kier alpha value is -2.49. The highest BCUT2D eigenvalue weighted by Crippen LogP contribution is 2.25. The summed E-state index contributed by atoms with van der Waals surface area (Å²) in [4.78, 5) is 16.6. The van der Waals surface area contributed by atoms with Crippen molar-refractivity contribution in [3.8, 4) is 11.5 Å². The Bertz CT molecular complexity index is 689. The number of hydrogen-bond acceptors (Lipinski definition) is 5. The molecule has 0 spiro atoms. The third kappa shape index (κ3) is 3.58. The molecule has 0 aliphatic heterocycles. The molecule has 0 heterocycles. The quantitative estimate of drug-likeness (QED) is 0.463. The second-order valence-electron chi connectivity index (χ2n) is 4.49. The second kappa shape index (κ2) is 7.50. The fourth-order valence-corrected chi connectivity index (χ4v) is 2.14. The van der Waals surface area contributed by atoms with Crippen LogP contribution in [0.4, 0.5) is 0 Å². The zero-order valence-electron chi connectivity index (χ0n) is 12.3. The number of carbonyl (C=O) groups is 1. The zero-order valence-corrected chi connectivity index (χ0v) is 13.1. The topological polar surface area (TPSA) is 47.9 Å². The van der Waals surface area contributed by atoms with Crippen molar-refractivity contribution in [2.75, 3.05) is 14.2 Å². The lowest BCUT2D eigenvalue weighted by molar-refractivity contribution is 0.0962. The van der Waals surface area contributed by atoms with Crippen molar-refractivity contribution in [3.63, 3.8) is 0 Å². The minimum atomic E-state index is -0.711. The van der Waals surface area contributed by atoms with Gasteiger partial charge < -0.3 is 9.47 Å². The van der Waals surface area contributed by atoms with Gasteiger partial charge in [-0.15, -0.1) is 0 Å². The SMILES string of the molecule is COc1ccc(C(=O)C(N=C=S)c2ccc(OC)cc2)cc1. The number of ketones is 1. The summed E-state index contributed by atoms with van der Waals surface area (Å²) in [7, 11) is 3.16. The predicted molar refractivity (Wildman–Crippen MR) is 88.1 cm³/mol. The van der Waals surface area contributed by atoms with E-state index in [1.54, 1.807) is 62.8 Å². The standard InChI is InChI=1S/C17H15NO3S/c1-20-14-7-3-12(4-8-14)16(18-11-22)17(19)13-5-9-15(21-2)10-6-13/h3-10,16H,1-2H3. The third-order valence-corrected chi connectivity index (χ3v) is 3.34. The summed E-state index contributed by atoms with van der Waals surface area (Å²) in [5.74, 6) is 1.26. The summed E-state index contributed by atoms with van der Waals surface area (Å²) in [6.07, 6.45) is 0. The van der Waals surface area contributed by atoms with E-state index in [0.717, 1.165) is 5.56 Å². The van der Waals surface area contributed by atoms with Gasteiger partial charge in [0.2, 0.25) is 0 Å². The lowest BCUT2D eigenvalue weighted by Gasteiger charge is -2.11. The van der Waals surface area contributed by atoms with Crippen molar-refractivity contribution in [2.45, 2.75) is 6.04 Å². The Balaban J connectivity index is 2.32. The van der Waals surface area contributed by atoms with Gasteiger partial charge in [0, 0.05) is 5.56 Å². The van der Waals surface area contributed by atoms with Gasteiger partial charge in [-0.25, -0.2) is 4.99 Å². The highest BCUT2D eigenvalue weighted by molar-refractivity contribution is 7.78. The predicted octanol–water partition coefficient (Wildman–Crippen LogP) is 3.73. The van der Waals surface area contributed by atoms with Gasteiger partial charge in [0.05, 0.1) is 19.4 Å². The van der Waals surface area contributed by atoms with E-state index in [4.69, 9.17) is 9.47 Å². The molecule has 112 valence electrons. The first-order chi connectivity index (χ1) is 10.7. The molecule has 0 aliphatic rings. The van der Waals surface area contributed by atoms with E-state index in [0.29, 0.717) is 17.1 Å². The molecule has 2 aromatic carbocycles. The molecule has 0 N–H and O–H groups in total. The molecule has 2 rings (SSSR count). The van der Waals surface area contributed by atoms with Gasteiger partial charge in [0.15, 0.2) is 5.78 Å². The number of aliphatic imine (C=N–C) groups is 1. The second-order valence-corrected chi connectivity index (χ2v) is 4.67. The van der Waals surface area contributed by atoms with Crippen molar-refractivity contribution < 1.29 is 14.3 Å². The van der Waals surface area contributed by atoms with E-state index in [-0.39, 0.29) is 5.78 Å². The van der Waals surface area contributed by atoms with Crippen molar-refractivity contribution in [1.29, 1.82) is 0 Å². The van der Waals surface area contributed by atoms with Crippen LogP contribution < -0.4 is 9.47 Å². The molecule has 0 saturated heterocycles. The maximum atomic E-state index is 12.6. The van der Waals surface area contributed by atoms with E-state index in [2.05, 4.69) is 22.4 Å². The number of ether oxygens (including phenoxy) is 2.